The van der Waals surface area contributed by atoms with E-state index in [2.05, 4.69) is 36.4 Å². The number of aromatic nitrogens is 3. The van der Waals surface area contributed by atoms with Gasteiger partial charge in [-0.15, -0.1) is 0 Å². The first-order valence-corrected chi connectivity index (χ1v) is 12.0. The summed E-state index contributed by atoms with van der Waals surface area (Å²) in [5, 5.41) is 5.10. The summed E-state index contributed by atoms with van der Waals surface area (Å²) in [5.41, 5.74) is 4.40. The number of benzene rings is 5. The molecule has 0 atom stereocenters. The van der Waals surface area contributed by atoms with Crippen molar-refractivity contribution in [2.75, 3.05) is 0 Å². The number of hydrogen-bond acceptors (Lipinski definition) is 4. The van der Waals surface area contributed by atoms with Gasteiger partial charge in [-0.05, 0) is 65.4 Å². The lowest BCUT2D eigenvalue weighted by atomic mass is 10.0. The van der Waals surface area contributed by atoms with Gasteiger partial charge in [0.1, 0.15) is 11.2 Å². The van der Waals surface area contributed by atoms with E-state index in [1.165, 1.54) is 5.39 Å². The Morgan fingerprint density at radius 3 is 1.75 bits per heavy atom. The van der Waals surface area contributed by atoms with E-state index in [0.717, 1.165) is 44.0 Å². The van der Waals surface area contributed by atoms with Crippen LogP contribution in [0.2, 0.25) is 5.02 Å². The van der Waals surface area contributed by atoms with E-state index >= 15 is 0 Å². The molecule has 5 aromatic carbocycles. The Hall–Kier alpha value is -4.54. The normalized spacial score (nSPS) is 11.5. The monoisotopic (exact) mass is 483 g/mol. The molecule has 0 aliphatic heterocycles. The Bertz CT molecular complexity index is 1890. The van der Waals surface area contributed by atoms with Crippen molar-refractivity contribution in [1.82, 2.24) is 15.0 Å². The maximum absolute atomic E-state index is 6.18. The Balaban J connectivity index is 1.44. The van der Waals surface area contributed by atoms with Gasteiger partial charge >= 0.3 is 0 Å². The maximum Gasteiger partial charge on any atom is 0.164 e. The van der Waals surface area contributed by atoms with E-state index in [-0.39, 0.29) is 0 Å². The van der Waals surface area contributed by atoms with E-state index in [4.69, 9.17) is 31.0 Å². The molecule has 0 saturated carbocycles. The van der Waals surface area contributed by atoms with Gasteiger partial charge in [-0.2, -0.15) is 0 Å². The van der Waals surface area contributed by atoms with Gasteiger partial charge in [0, 0.05) is 32.5 Å². The van der Waals surface area contributed by atoms with Gasteiger partial charge in [-0.1, -0.05) is 66.2 Å². The second-order valence-corrected chi connectivity index (χ2v) is 9.12. The summed E-state index contributed by atoms with van der Waals surface area (Å²) in [7, 11) is 0. The fraction of sp³-hybridized carbons (Fsp3) is 0. The molecule has 0 amide bonds. The average molecular weight is 484 g/mol. The minimum atomic E-state index is 0.596. The minimum Gasteiger partial charge on any atom is -0.456 e. The molecule has 7 aromatic rings. The van der Waals surface area contributed by atoms with E-state index < -0.39 is 0 Å². The number of halogens is 1. The zero-order chi connectivity index (χ0) is 24.1. The Morgan fingerprint density at radius 2 is 1.03 bits per heavy atom. The lowest BCUT2D eigenvalue weighted by Crippen LogP contribution is -2.00. The van der Waals surface area contributed by atoms with Gasteiger partial charge in [-0.3, -0.25) is 0 Å². The number of furan rings is 1. The largest absolute Gasteiger partial charge is 0.456 e. The molecule has 5 heteroatoms. The summed E-state index contributed by atoms with van der Waals surface area (Å²) in [6.45, 7) is 0. The molecule has 7 rings (SSSR count). The van der Waals surface area contributed by atoms with E-state index in [1.807, 2.05) is 72.8 Å². The van der Waals surface area contributed by atoms with Gasteiger partial charge in [0.15, 0.2) is 17.5 Å². The third kappa shape index (κ3) is 3.60. The summed E-state index contributed by atoms with van der Waals surface area (Å²) in [6.07, 6.45) is 0. The summed E-state index contributed by atoms with van der Waals surface area (Å²) in [5.74, 6) is 1.82. The topological polar surface area (TPSA) is 51.8 Å². The molecule has 170 valence electrons. The van der Waals surface area contributed by atoms with Crippen molar-refractivity contribution in [3.63, 3.8) is 0 Å². The SMILES string of the molecule is Clc1ccc(-c2nc(-c3ccccc3)nc(-c3ccc4oc5cc6ccccc6cc5c4c3)n2)cc1. The standard InChI is InChI=1S/C31H18ClN3O/c32-24-13-10-20(11-14-24)30-33-29(19-6-2-1-3-7-19)34-31(35-30)23-12-15-27-25(17-23)26-16-21-8-4-5-9-22(21)18-28(26)36-27/h1-18H. The highest BCUT2D eigenvalue weighted by molar-refractivity contribution is 6.30. The first-order chi connectivity index (χ1) is 17.7. The minimum absolute atomic E-state index is 0.596. The van der Waals surface area contributed by atoms with Crippen molar-refractivity contribution in [2.24, 2.45) is 0 Å². The highest BCUT2D eigenvalue weighted by Gasteiger charge is 2.15. The van der Waals surface area contributed by atoms with Crippen molar-refractivity contribution in [3.05, 3.63) is 114 Å². The smallest absolute Gasteiger partial charge is 0.164 e. The van der Waals surface area contributed by atoms with Crippen molar-refractivity contribution < 1.29 is 4.42 Å². The van der Waals surface area contributed by atoms with Crippen molar-refractivity contribution >= 4 is 44.3 Å². The predicted molar refractivity (Wildman–Crippen MR) is 146 cm³/mol. The number of fused-ring (bicyclic) bond motifs is 4. The molecule has 0 saturated heterocycles. The summed E-state index contributed by atoms with van der Waals surface area (Å²) in [4.78, 5) is 14.5. The molecular weight excluding hydrogens is 466 g/mol. The van der Waals surface area contributed by atoms with E-state index in [9.17, 15) is 0 Å². The summed E-state index contributed by atoms with van der Waals surface area (Å²) < 4.78 is 6.18. The molecule has 0 aliphatic rings. The van der Waals surface area contributed by atoms with Crippen LogP contribution in [-0.2, 0) is 0 Å². The molecule has 0 aliphatic carbocycles. The van der Waals surface area contributed by atoms with Crippen LogP contribution in [0.15, 0.2) is 114 Å². The van der Waals surface area contributed by atoms with Gasteiger partial charge < -0.3 is 4.42 Å². The second kappa shape index (κ2) is 8.29. The maximum atomic E-state index is 6.18. The van der Waals surface area contributed by atoms with Crippen LogP contribution in [0.3, 0.4) is 0 Å². The van der Waals surface area contributed by atoms with Crippen molar-refractivity contribution in [1.29, 1.82) is 0 Å². The fourth-order valence-corrected chi connectivity index (χ4v) is 4.68. The van der Waals surface area contributed by atoms with E-state index in [0.29, 0.717) is 22.5 Å². The lowest BCUT2D eigenvalue weighted by Gasteiger charge is -2.08. The Morgan fingerprint density at radius 1 is 0.472 bits per heavy atom. The van der Waals surface area contributed by atoms with Crippen LogP contribution in [0.25, 0.3) is 66.9 Å². The van der Waals surface area contributed by atoms with Crippen LogP contribution in [0.4, 0.5) is 0 Å². The highest BCUT2D eigenvalue weighted by Crippen LogP contribution is 2.35. The molecule has 2 aromatic heterocycles. The van der Waals surface area contributed by atoms with Gasteiger partial charge in [0.2, 0.25) is 0 Å². The van der Waals surface area contributed by atoms with E-state index in [1.54, 1.807) is 0 Å². The van der Waals surface area contributed by atoms with Crippen LogP contribution >= 0.6 is 11.6 Å². The Labute approximate surface area is 211 Å². The lowest BCUT2D eigenvalue weighted by molar-refractivity contribution is 0.669. The molecule has 0 unspecified atom stereocenters. The third-order valence-electron chi connectivity index (χ3n) is 6.37. The number of hydrogen-bond donors (Lipinski definition) is 0. The van der Waals surface area contributed by atoms with Gasteiger partial charge in [0.25, 0.3) is 0 Å². The highest BCUT2D eigenvalue weighted by atomic mass is 35.5. The van der Waals surface area contributed by atoms with Crippen LogP contribution in [0.5, 0.6) is 0 Å². The summed E-state index contributed by atoms with van der Waals surface area (Å²) in [6, 6.07) is 36.2. The average Bonchev–Trinajstić information content (AvgIpc) is 3.29. The molecule has 0 fully saturated rings. The van der Waals surface area contributed by atoms with Crippen LogP contribution < -0.4 is 0 Å². The molecular formula is C31H18ClN3O. The van der Waals surface area contributed by atoms with Gasteiger partial charge in [0.05, 0.1) is 0 Å². The van der Waals surface area contributed by atoms with Crippen LogP contribution in [0, 0.1) is 0 Å². The zero-order valence-corrected chi connectivity index (χ0v) is 19.8. The second-order valence-electron chi connectivity index (χ2n) is 8.69. The molecule has 36 heavy (non-hydrogen) atoms. The summed E-state index contributed by atoms with van der Waals surface area (Å²) >= 11 is 6.12. The van der Waals surface area contributed by atoms with Crippen LogP contribution in [0.1, 0.15) is 0 Å². The number of nitrogens with zero attached hydrogens (tertiary/aromatic N) is 3. The number of rotatable bonds is 3. The predicted octanol–water partition coefficient (Wildman–Crippen LogP) is 8.58. The first kappa shape index (κ1) is 20.8. The van der Waals surface area contributed by atoms with Crippen LogP contribution in [-0.4, -0.2) is 15.0 Å². The molecule has 2 heterocycles. The third-order valence-corrected chi connectivity index (χ3v) is 6.62. The molecule has 0 N–H and O–H groups in total. The molecule has 0 spiro atoms. The molecule has 0 bridgehead atoms. The first-order valence-electron chi connectivity index (χ1n) is 11.6. The quantitative estimate of drug-likeness (QED) is 0.252. The van der Waals surface area contributed by atoms with Crippen molar-refractivity contribution in [3.8, 4) is 34.2 Å². The van der Waals surface area contributed by atoms with Crippen molar-refractivity contribution in [2.45, 2.75) is 0 Å². The zero-order valence-electron chi connectivity index (χ0n) is 19.0. The van der Waals surface area contributed by atoms with Gasteiger partial charge in [-0.25, -0.2) is 15.0 Å². The molecule has 4 nitrogen and oxygen atoms in total. The molecule has 0 radical (unpaired) electrons. The fourth-order valence-electron chi connectivity index (χ4n) is 4.55. The Kier molecular flexibility index (Phi) is 4.79.